The smallest absolute Gasteiger partial charge is 0.407 e. The molecule has 2 saturated heterocycles. The van der Waals surface area contributed by atoms with E-state index in [1.165, 1.54) is 69.9 Å². The van der Waals surface area contributed by atoms with Gasteiger partial charge in [0.2, 0.25) is 11.8 Å². The lowest BCUT2D eigenvalue weighted by Crippen LogP contribution is -2.53. The summed E-state index contributed by atoms with van der Waals surface area (Å²) in [7, 11) is 2.63. The maximum Gasteiger partial charge on any atom is 0.407 e. The minimum Gasteiger partial charge on any atom is -0.453 e. The highest BCUT2D eigenvalue weighted by Gasteiger charge is 2.40. The molecule has 1 unspecified atom stereocenters. The molecule has 4 atom stereocenters. The molecule has 4 aromatic rings. The number of nitrogens with zero attached hydrogens (tertiary/aromatic N) is 4. The minimum atomic E-state index is -0.662. The highest BCUT2D eigenvalue weighted by molar-refractivity contribution is 6.02. The largest absolute Gasteiger partial charge is 0.453 e. The quantitative estimate of drug-likeness (QED) is 0.163. The van der Waals surface area contributed by atoms with Crippen LogP contribution in [0.5, 0.6) is 0 Å². The van der Waals surface area contributed by atoms with E-state index < -0.39 is 24.3 Å². The van der Waals surface area contributed by atoms with Gasteiger partial charge in [0.15, 0.2) is 0 Å². The number of hydrogen-bond acceptors (Lipinski definition) is 8. The molecular weight excluding hydrogens is 829 g/mol. The van der Waals surface area contributed by atoms with Crippen molar-refractivity contribution < 1.29 is 28.7 Å². The number of aryl methyl sites for hydroxylation is 4. The number of carbonyl (C=O) groups is 4. The van der Waals surface area contributed by atoms with Gasteiger partial charge in [0.25, 0.3) is 0 Å². The Hall–Kier alpha value is -6.30. The number of ether oxygens (including phenoxy) is 2. The second-order valence-corrected chi connectivity index (χ2v) is 19.3. The van der Waals surface area contributed by atoms with Crippen LogP contribution < -0.4 is 10.6 Å². The molecule has 0 aromatic heterocycles. The summed E-state index contributed by atoms with van der Waals surface area (Å²) in [6.45, 7) is 9.04. The number of likely N-dealkylation sites (tertiary alicyclic amines) is 2. The molecule has 4 bridgehead atoms. The molecule has 2 fully saturated rings. The SMILES string of the molecule is COC(=O)N[C@H](C(=O)N1CCCC1C1=Nc2ccc(-c3cc4ccc3CCc3ccc(c(-c5ccc6c(c5)CC([C@@H]5CCCN5C(=O)[C@@H](NC(=O)OC)C(C)C)=N6)c3)CC4)cc2C1)C(C)C. The van der Waals surface area contributed by atoms with Crippen LogP contribution in [-0.2, 0) is 57.6 Å². The lowest BCUT2D eigenvalue weighted by Gasteiger charge is -2.30. The first-order valence-electron chi connectivity index (χ1n) is 23.8. The van der Waals surface area contributed by atoms with Crippen LogP contribution in [0.2, 0.25) is 0 Å². The number of aliphatic imine (C=N–C) groups is 2. The number of carbonyl (C=O) groups excluding carboxylic acids is 4. The Morgan fingerprint density at radius 3 is 1.38 bits per heavy atom. The van der Waals surface area contributed by atoms with Gasteiger partial charge in [-0.05, 0) is 143 Å². The summed E-state index contributed by atoms with van der Waals surface area (Å²) < 4.78 is 9.66. The van der Waals surface area contributed by atoms with Gasteiger partial charge in [0, 0.05) is 37.4 Å². The molecule has 2 N–H and O–H groups in total. The predicted octanol–water partition coefficient (Wildman–Crippen LogP) is 8.90. The normalized spacial score (nSPS) is 19.5. The Morgan fingerprint density at radius 1 is 0.561 bits per heavy atom. The first kappa shape index (κ1) is 44.9. The van der Waals surface area contributed by atoms with Gasteiger partial charge < -0.3 is 29.9 Å². The molecule has 4 heterocycles. The molecule has 8 aliphatic rings. The topological polar surface area (TPSA) is 142 Å². The Bertz CT molecular complexity index is 2450. The number of methoxy groups -OCH3 is 2. The Morgan fingerprint density at radius 2 is 0.985 bits per heavy atom. The van der Waals surface area contributed by atoms with Crippen molar-refractivity contribution in [3.05, 3.63) is 106 Å². The molecule has 4 amide bonds. The van der Waals surface area contributed by atoms with Crippen LogP contribution in [0.1, 0.15) is 86.8 Å². The van der Waals surface area contributed by atoms with E-state index in [9.17, 15) is 19.2 Å². The van der Waals surface area contributed by atoms with E-state index >= 15 is 0 Å². The molecule has 4 aliphatic carbocycles. The van der Waals surface area contributed by atoms with Gasteiger partial charge in [-0.1, -0.05) is 76.2 Å². The van der Waals surface area contributed by atoms with Gasteiger partial charge in [-0.2, -0.15) is 0 Å². The number of nitrogens with one attached hydrogen (secondary N) is 2. The molecule has 12 rings (SSSR count). The molecule has 0 spiro atoms. The molecule has 66 heavy (non-hydrogen) atoms. The van der Waals surface area contributed by atoms with E-state index in [-0.39, 0.29) is 35.7 Å². The fourth-order valence-electron chi connectivity index (χ4n) is 10.8. The van der Waals surface area contributed by atoms with Crippen molar-refractivity contribution in [2.75, 3.05) is 27.3 Å². The van der Waals surface area contributed by atoms with Crippen molar-refractivity contribution in [2.24, 2.45) is 21.8 Å². The molecule has 12 nitrogen and oxygen atoms in total. The second-order valence-electron chi connectivity index (χ2n) is 19.3. The van der Waals surface area contributed by atoms with Gasteiger partial charge in [0.1, 0.15) is 12.1 Å². The van der Waals surface area contributed by atoms with Crippen LogP contribution in [0.3, 0.4) is 0 Å². The van der Waals surface area contributed by atoms with Crippen molar-refractivity contribution in [3.8, 4) is 22.3 Å². The number of rotatable bonds is 10. The zero-order valence-corrected chi connectivity index (χ0v) is 39.1. The van der Waals surface area contributed by atoms with Crippen molar-refractivity contribution in [1.82, 2.24) is 20.4 Å². The number of hydrogen-bond donors (Lipinski definition) is 2. The van der Waals surface area contributed by atoms with Crippen LogP contribution in [-0.4, -0.2) is 96.7 Å². The van der Waals surface area contributed by atoms with Crippen LogP contribution in [0.25, 0.3) is 22.3 Å². The Kier molecular flexibility index (Phi) is 12.8. The van der Waals surface area contributed by atoms with E-state index in [0.717, 1.165) is 74.2 Å². The summed E-state index contributed by atoms with van der Waals surface area (Å²) in [4.78, 5) is 65.9. The van der Waals surface area contributed by atoms with Gasteiger partial charge in [-0.25, -0.2) is 9.59 Å². The van der Waals surface area contributed by atoms with Crippen LogP contribution in [0.4, 0.5) is 21.0 Å². The van der Waals surface area contributed by atoms with Gasteiger partial charge in [-0.3, -0.25) is 19.6 Å². The first-order chi connectivity index (χ1) is 31.9. The number of fused-ring (bicyclic) bond motifs is 2. The molecule has 12 heteroatoms. The maximum absolute atomic E-state index is 13.8. The van der Waals surface area contributed by atoms with Crippen molar-refractivity contribution in [2.45, 2.75) is 116 Å². The van der Waals surface area contributed by atoms with Crippen molar-refractivity contribution in [1.29, 1.82) is 0 Å². The van der Waals surface area contributed by atoms with Gasteiger partial charge >= 0.3 is 12.2 Å². The van der Waals surface area contributed by atoms with Gasteiger partial charge in [0.05, 0.1) is 37.7 Å². The van der Waals surface area contributed by atoms with Crippen molar-refractivity contribution in [3.63, 3.8) is 0 Å². The van der Waals surface area contributed by atoms with Crippen LogP contribution in [0, 0.1) is 11.8 Å². The average molecular weight is 891 g/mol. The third-order valence-corrected chi connectivity index (χ3v) is 14.4. The molecule has 0 saturated carbocycles. The summed E-state index contributed by atoms with van der Waals surface area (Å²) in [5.74, 6) is -0.338. The summed E-state index contributed by atoms with van der Waals surface area (Å²) in [5.41, 5.74) is 16.5. The minimum absolute atomic E-state index is 0.0834. The van der Waals surface area contributed by atoms with E-state index in [1.54, 1.807) is 0 Å². The number of alkyl carbamates (subject to hydrolysis) is 2. The van der Waals surface area contributed by atoms with Crippen LogP contribution in [0.15, 0.2) is 82.8 Å². The molecule has 0 radical (unpaired) electrons. The zero-order chi connectivity index (χ0) is 46.2. The molecular formula is C54H62N6O6. The highest BCUT2D eigenvalue weighted by Crippen LogP contribution is 2.39. The maximum atomic E-state index is 13.8. The summed E-state index contributed by atoms with van der Waals surface area (Å²) in [6, 6.07) is 25.8. The monoisotopic (exact) mass is 890 g/mol. The fourth-order valence-corrected chi connectivity index (χ4v) is 10.8. The van der Waals surface area contributed by atoms with Crippen LogP contribution >= 0.6 is 0 Å². The zero-order valence-electron chi connectivity index (χ0n) is 39.1. The summed E-state index contributed by atoms with van der Waals surface area (Å²) in [6.07, 6.45) is 7.29. The number of amides is 4. The van der Waals surface area contributed by atoms with Crippen molar-refractivity contribution >= 4 is 46.8 Å². The lowest BCUT2D eigenvalue weighted by molar-refractivity contribution is -0.134. The van der Waals surface area contributed by atoms with E-state index in [1.807, 2.05) is 37.5 Å². The third kappa shape index (κ3) is 8.98. The van der Waals surface area contributed by atoms with E-state index in [4.69, 9.17) is 19.5 Å². The standard InChI is InChI=1S/C54H62N6O6/c1-31(2)49(57-53(63)65-5)51(61)59-23-7-9-47(59)45-29-39-27-37(19-21-43(39)55-45)41-25-33-11-15-35(41)17-13-34-12-16-36(18-14-33)42(26-34)38-20-22-44-40(28-38)30-46(56-44)48-10-8-24-60(48)52(62)50(32(3)4)58-54(64)66-6/h11-12,15-16,19-22,25-28,31-32,47-50H,7-10,13-14,17-18,23-24,29-30H2,1-6H3,(H,57,63)(H,58,64)/t47-,48?,49-,50-/m0/s1. The number of benzene rings is 4. The summed E-state index contributed by atoms with van der Waals surface area (Å²) >= 11 is 0. The average Bonchev–Trinajstić information content (AvgIpc) is 4.15. The first-order valence-corrected chi connectivity index (χ1v) is 23.8. The van der Waals surface area contributed by atoms with E-state index in [2.05, 4.69) is 83.4 Å². The fraction of sp³-hybridized carbons (Fsp3) is 0.444. The lowest BCUT2D eigenvalue weighted by atomic mass is 9.87. The third-order valence-electron chi connectivity index (χ3n) is 14.4. The highest BCUT2D eigenvalue weighted by atomic mass is 16.5. The summed E-state index contributed by atoms with van der Waals surface area (Å²) in [5, 5.41) is 5.52. The molecule has 344 valence electrons. The van der Waals surface area contributed by atoms with Gasteiger partial charge in [-0.15, -0.1) is 0 Å². The Balaban J connectivity index is 0.895. The second kappa shape index (κ2) is 18.9. The molecule has 4 aromatic carbocycles. The molecule has 4 aliphatic heterocycles. The van der Waals surface area contributed by atoms with E-state index in [0.29, 0.717) is 25.9 Å². The Labute approximate surface area is 388 Å². The predicted molar refractivity (Wildman–Crippen MR) is 258 cm³/mol.